The summed E-state index contributed by atoms with van der Waals surface area (Å²) in [6.45, 7) is 9.79. The number of aliphatic hydroxyl groups excluding tert-OH is 1. The number of urea groups is 1. The van der Waals surface area contributed by atoms with Gasteiger partial charge in [0.15, 0.2) is 0 Å². The molecule has 0 heterocycles. The Morgan fingerprint density at radius 1 is 1.33 bits per heavy atom. The molecule has 0 saturated heterocycles. The third kappa shape index (κ3) is 6.33. The zero-order chi connectivity index (χ0) is 11.8. The molecule has 0 aliphatic heterocycles. The van der Waals surface area contributed by atoms with Crippen LogP contribution in [0.3, 0.4) is 0 Å². The van der Waals surface area contributed by atoms with Crippen molar-refractivity contribution in [3.63, 3.8) is 0 Å². The minimum absolute atomic E-state index is 0.0163. The Morgan fingerprint density at radius 2 is 1.87 bits per heavy atom. The second kappa shape index (κ2) is 7.51. The highest BCUT2D eigenvalue weighted by atomic mass is 16.3. The van der Waals surface area contributed by atoms with E-state index >= 15 is 0 Å². The molecule has 0 saturated carbocycles. The van der Waals surface area contributed by atoms with Crippen molar-refractivity contribution in [2.45, 2.75) is 40.2 Å². The molecule has 0 fully saturated rings. The Labute approximate surface area is 92.7 Å². The highest BCUT2D eigenvalue weighted by Gasteiger charge is 2.11. The lowest BCUT2D eigenvalue weighted by atomic mass is 10.1. The largest absolute Gasteiger partial charge is 0.393 e. The first-order valence-electron chi connectivity index (χ1n) is 5.72. The van der Waals surface area contributed by atoms with Gasteiger partial charge in [-0.25, -0.2) is 4.79 Å². The monoisotopic (exact) mass is 216 g/mol. The fourth-order valence-corrected chi connectivity index (χ4v) is 1.55. The van der Waals surface area contributed by atoms with Gasteiger partial charge in [0.05, 0.1) is 6.10 Å². The Morgan fingerprint density at radius 3 is 2.27 bits per heavy atom. The van der Waals surface area contributed by atoms with E-state index in [0.717, 1.165) is 19.5 Å². The quantitative estimate of drug-likeness (QED) is 0.706. The minimum Gasteiger partial charge on any atom is -0.393 e. The van der Waals surface area contributed by atoms with E-state index in [4.69, 9.17) is 5.11 Å². The summed E-state index contributed by atoms with van der Waals surface area (Å²) in [4.78, 5) is 13.3. The van der Waals surface area contributed by atoms with Crippen LogP contribution in [0, 0.1) is 5.92 Å². The Hall–Kier alpha value is -0.770. The number of nitrogens with one attached hydrogen (secondary N) is 1. The summed E-state index contributed by atoms with van der Waals surface area (Å²) in [5, 5.41) is 12.0. The van der Waals surface area contributed by atoms with Crippen LogP contribution in [0.25, 0.3) is 0 Å². The van der Waals surface area contributed by atoms with Gasteiger partial charge in [-0.3, -0.25) is 0 Å². The van der Waals surface area contributed by atoms with Crippen LogP contribution in [0.1, 0.15) is 34.1 Å². The third-order valence-electron chi connectivity index (χ3n) is 2.40. The van der Waals surface area contributed by atoms with Gasteiger partial charge in [0.25, 0.3) is 0 Å². The first-order chi connectivity index (χ1) is 7.01. The molecule has 2 atom stereocenters. The van der Waals surface area contributed by atoms with Crippen molar-refractivity contribution in [1.82, 2.24) is 10.2 Å². The number of amides is 2. The van der Waals surface area contributed by atoms with E-state index in [1.54, 1.807) is 11.8 Å². The average molecular weight is 216 g/mol. The molecule has 15 heavy (non-hydrogen) atoms. The summed E-state index contributed by atoms with van der Waals surface area (Å²) in [7, 11) is 0. The van der Waals surface area contributed by atoms with Gasteiger partial charge in [0, 0.05) is 19.6 Å². The van der Waals surface area contributed by atoms with Crippen LogP contribution in [-0.2, 0) is 0 Å². The van der Waals surface area contributed by atoms with Gasteiger partial charge in [-0.05, 0) is 33.1 Å². The van der Waals surface area contributed by atoms with E-state index in [0.29, 0.717) is 12.5 Å². The van der Waals surface area contributed by atoms with Gasteiger partial charge < -0.3 is 15.3 Å². The van der Waals surface area contributed by atoms with Crippen LogP contribution in [0.5, 0.6) is 0 Å². The highest BCUT2D eigenvalue weighted by Crippen LogP contribution is 2.04. The van der Waals surface area contributed by atoms with Crippen molar-refractivity contribution in [1.29, 1.82) is 0 Å². The van der Waals surface area contributed by atoms with E-state index in [1.165, 1.54) is 0 Å². The molecule has 0 bridgehead atoms. The lowest BCUT2D eigenvalue weighted by Crippen LogP contribution is -2.41. The molecule has 2 unspecified atom stereocenters. The summed E-state index contributed by atoms with van der Waals surface area (Å²) in [6.07, 6.45) is 0.420. The molecule has 90 valence electrons. The van der Waals surface area contributed by atoms with Gasteiger partial charge in [0.1, 0.15) is 0 Å². The summed E-state index contributed by atoms with van der Waals surface area (Å²) >= 11 is 0. The maximum atomic E-state index is 11.5. The molecule has 0 aromatic carbocycles. The van der Waals surface area contributed by atoms with Crippen LogP contribution in [-0.4, -0.2) is 41.8 Å². The number of hydrogen-bond donors (Lipinski definition) is 2. The lowest BCUT2D eigenvalue weighted by molar-refractivity contribution is 0.161. The number of carbonyl (C=O) groups excluding carboxylic acids is 1. The predicted molar refractivity (Wildman–Crippen MR) is 61.8 cm³/mol. The predicted octanol–water partition coefficient (Wildman–Crippen LogP) is 1.44. The minimum atomic E-state index is -0.301. The standard InChI is InChI=1S/C11H24N2O2/c1-5-13(6-2)11(15)12-8-9(3)7-10(4)14/h9-10,14H,5-8H2,1-4H3,(H,12,15). The molecule has 4 nitrogen and oxygen atoms in total. The maximum Gasteiger partial charge on any atom is 0.317 e. The van der Waals surface area contributed by atoms with Crippen LogP contribution in [0.2, 0.25) is 0 Å². The SMILES string of the molecule is CCN(CC)C(=O)NCC(C)CC(C)O. The highest BCUT2D eigenvalue weighted by molar-refractivity contribution is 5.74. The molecule has 0 spiro atoms. The summed E-state index contributed by atoms with van der Waals surface area (Å²) < 4.78 is 0. The summed E-state index contributed by atoms with van der Waals surface area (Å²) in [5.74, 6) is 0.310. The smallest absolute Gasteiger partial charge is 0.317 e. The van der Waals surface area contributed by atoms with Crippen molar-refractivity contribution in [3.05, 3.63) is 0 Å². The number of nitrogens with zero attached hydrogens (tertiary/aromatic N) is 1. The number of hydrogen-bond acceptors (Lipinski definition) is 2. The lowest BCUT2D eigenvalue weighted by Gasteiger charge is -2.21. The molecule has 2 amide bonds. The second-order valence-corrected chi connectivity index (χ2v) is 4.05. The van der Waals surface area contributed by atoms with Crippen molar-refractivity contribution < 1.29 is 9.90 Å². The molecule has 0 aliphatic carbocycles. The zero-order valence-corrected chi connectivity index (χ0v) is 10.3. The molecular formula is C11H24N2O2. The topological polar surface area (TPSA) is 52.6 Å². The Bertz CT molecular complexity index is 179. The Kier molecular flexibility index (Phi) is 7.13. The van der Waals surface area contributed by atoms with Gasteiger partial charge in [-0.2, -0.15) is 0 Å². The molecule has 2 N–H and O–H groups in total. The molecule has 0 aromatic rings. The molecule has 0 radical (unpaired) electrons. The van der Waals surface area contributed by atoms with E-state index in [2.05, 4.69) is 5.32 Å². The molecule has 0 aromatic heterocycles. The fourth-order valence-electron chi connectivity index (χ4n) is 1.55. The van der Waals surface area contributed by atoms with Crippen molar-refractivity contribution in [3.8, 4) is 0 Å². The van der Waals surface area contributed by atoms with Gasteiger partial charge >= 0.3 is 6.03 Å². The summed E-state index contributed by atoms with van der Waals surface area (Å²) in [5.41, 5.74) is 0. The van der Waals surface area contributed by atoms with Crippen molar-refractivity contribution in [2.75, 3.05) is 19.6 Å². The molecule has 0 aliphatic rings. The van der Waals surface area contributed by atoms with Crippen molar-refractivity contribution >= 4 is 6.03 Å². The van der Waals surface area contributed by atoms with Crippen LogP contribution < -0.4 is 5.32 Å². The second-order valence-electron chi connectivity index (χ2n) is 4.05. The fraction of sp³-hybridized carbons (Fsp3) is 0.909. The molecule has 0 rings (SSSR count). The number of aliphatic hydroxyl groups is 1. The molecular weight excluding hydrogens is 192 g/mol. The van der Waals surface area contributed by atoms with Gasteiger partial charge in [-0.15, -0.1) is 0 Å². The Balaban J connectivity index is 3.79. The number of carbonyl (C=O) groups is 1. The average Bonchev–Trinajstić information content (AvgIpc) is 2.15. The van der Waals surface area contributed by atoms with Crippen LogP contribution >= 0.6 is 0 Å². The van der Waals surface area contributed by atoms with Crippen molar-refractivity contribution in [2.24, 2.45) is 5.92 Å². The van der Waals surface area contributed by atoms with Crippen LogP contribution in [0.4, 0.5) is 4.79 Å². The zero-order valence-electron chi connectivity index (χ0n) is 10.3. The van der Waals surface area contributed by atoms with Gasteiger partial charge in [-0.1, -0.05) is 6.92 Å². The maximum absolute atomic E-state index is 11.5. The first-order valence-corrected chi connectivity index (χ1v) is 5.72. The third-order valence-corrected chi connectivity index (χ3v) is 2.40. The molecule has 4 heteroatoms. The van der Waals surface area contributed by atoms with E-state index < -0.39 is 0 Å². The van der Waals surface area contributed by atoms with E-state index in [1.807, 2.05) is 20.8 Å². The summed E-state index contributed by atoms with van der Waals surface area (Å²) in [6, 6.07) is -0.0163. The first kappa shape index (κ1) is 14.2. The van der Waals surface area contributed by atoms with E-state index in [9.17, 15) is 4.79 Å². The van der Waals surface area contributed by atoms with E-state index in [-0.39, 0.29) is 12.1 Å². The van der Waals surface area contributed by atoms with Gasteiger partial charge in [0.2, 0.25) is 0 Å². The van der Waals surface area contributed by atoms with Crippen LogP contribution in [0.15, 0.2) is 0 Å². The normalized spacial score (nSPS) is 14.5. The number of rotatable bonds is 6.